The summed E-state index contributed by atoms with van der Waals surface area (Å²) in [6, 6.07) is 17.1. The van der Waals surface area contributed by atoms with Crippen LogP contribution >= 0.6 is 0 Å². The number of hydrogen-bond donors (Lipinski definition) is 0. The van der Waals surface area contributed by atoms with Crippen molar-refractivity contribution < 1.29 is 0 Å². The Bertz CT molecular complexity index is 427. The Morgan fingerprint density at radius 1 is 0.667 bits per heavy atom. The average Bonchev–Trinajstić information content (AvgIpc) is 2.44. The van der Waals surface area contributed by atoms with Gasteiger partial charge in [0.15, 0.2) is 0 Å². The number of hydrogen-bond acceptors (Lipinski definition) is 0. The molecule has 2 aromatic carbocycles. The van der Waals surface area contributed by atoms with Crippen LogP contribution in [-0.4, -0.2) is 0 Å². The third kappa shape index (κ3) is 4.75. The van der Waals surface area contributed by atoms with Crippen LogP contribution in [0.2, 0.25) is 0 Å². The molecule has 0 aliphatic rings. The second kappa shape index (κ2) is 9.47. The van der Waals surface area contributed by atoms with Crippen LogP contribution in [0, 0.1) is 13.8 Å². The van der Waals surface area contributed by atoms with E-state index in [1.807, 2.05) is 33.8 Å². The first-order chi connectivity index (χ1) is 8.77. The van der Waals surface area contributed by atoms with Gasteiger partial charge in [0.1, 0.15) is 0 Å². The van der Waals surface area contributed by atoms with Gasteiger partial charge in [0, 0.05) is 0 Å². The van der Waals surface area contributed by atoms with Crippen LogP contribution in [0.3, 0.4) is 0 Å². The minimum Gasteiger partial charge on any atom is -0.0683 e. The summed E-state index contributed by atoms with van der Waals surface area (Å²) in [7, 11) is 0. The van der Waals surface area contributed by atoms with E-state index >= 15 is 0 Å². The fourth-order valence-corrected chi connectivity index (χ4v) is 1.76. The third-order valence-electron chi connectivity index (χ3n) is 2.47. The van der Waals surface area contributed by atoms with Crippen LogP contribution in [0.5, 0.6) is 0 Å². The molecule has 0 nitrogen and oxygen atoms in total. The highest BCUT2D eigenvalue weighted by atomic mass is 14.0. The van der Waals surface area contributed by atoms with Crippen LogP contribution < -0.4 is 0 Å². The molecular formula is C18H26. The van der Waals surface area contributed by atoms with Crippen molar-refractivity contribution in [3.05, 3.63) is 59.7 Å². The van der Waals surface area contributed by atoms with E-state index in [1.165, 1.54) is 22.3 Å². The van der Waals surface area contributed by atoms with Gasteiger partial charge in [0.25, 0.3) is 0 Å². The van der Waals surface area contributed by atoms with Crippen molar-refractivity contribution >= 4 is 0 Å². The van der Waals surface area contributed by atoms with Crippen LogP contribution in [0.15, 0.2) is 48.5 Å². The molecule has 18 heavy (non-hydrogen) atoms. The second-order valence-electron chi connectivity index (χ2n) is 3.68. The summed E-state index contributed by atoms with van der Waals surface area (Å²) >= 11 is 0. The van der Waals surface area contributed by atoms with Gasteiger partial charge in [-0.1, -0.05) is 81.8 Å². The molecule has 0 heteroatoms. The van der Waals surface area contributed by atoms with Crippen LogP contribution in [-0.2, 0) is 0 Å². The monoisotopic (exact) mass is 242 g/mol. The predicted molar refractivity (Wildman–Crippen MR) is 84.0 cm³/mol. The van der Waals surface area contributed by atoms with E-state index in [2.05, 4.69) is 56.3 Å². The van der Waals surface area contributed by atoms with E-state index in [0.29, 0.717) is 0 Å². The summed E-state index contributed by atoms with van der Waals surface area (Å²) in [6.07, 6.45) is 0. The van der Waals surface area contributed by atoms with Crippen LogP contribution in [0.1, 0.15) is 38.8 Å². The molecule has 0 N–H and O–H groups in total. The summed E-state index contributed by atoms with van der Waals surface area (Å²) in [4.78, 5) is 0. The zero-order valence-corrected chi connectivity index (χ0v) is 12.6. The summed E-state index contributed by atoms with van der Waals surface area (Å²) in [5.74, 6) is 0. The highest BCUT2D eigenvalue weighted by Crippen LogP contribution is 2.23. The fraction of sp³-hybridized carbons (Fsp3) is 0.333. The SMILES string of the molecule is CC.CC.Cc1ccc(-c2ccccc2)c(C)c1. The first-order valence-electron chi connectivity index (χ1n) is 6.90. The lowest BCUT2D eigenvalue weighted by Gasteiger charge is -2.06. The van der Waals surface area contributed by atoms with Gasteiger partial charge in [-0.2, -0.15) is 0 Å². The van der Waals surface area contributed by atoms with E-state index in [-0.39, 0.29) is 0 Å². The van der Waals surface area contributed by atoms with Crippen molar-refractivity contribution in [2.75, 3.05) is 0 Å². The van der Waals surface area contributed by atoms with Crippen molar-refractivity contribution in [3.8, 4) is 11.1 Å². The Morgan fingerprint density at radius 2 is 1.22 bits per heavy atom. The molecule has 2 rings (SSSR count). The maximum atomic E-state index is 2.22. The Kier molecular flexibility index (Phi) is 8.65. The quantitative estimate of drug-likeness (QED) is 0.573. The van der Waals surface area contributed by atoms with Gasteiger partial charge in [0.2, 0.25) is 0 Å². The molecular weight excluding hydrogens is 216 g/mol. The first kappa shape index (κ1) is 16.4. The normalized spacial score (nSPS) is 8.56. The van der Waals surface area contributed by atoms with Crippen LogP contribution in [0.25, 0.3) is 11.1 Å². The predicted octanol–water partition coefficient (Wildman–Crippen LogP) is 6.02. The average molecular weight is 242 g/mol. The lowest BCUT2D eigenvalue weighted by atomic mass is 9.99. The maximum absolute atomic E-state index is 2.22. The maximum Gasteiger partial charge on any atom is -0.0155 e. The molecule has 0 radical (unpaired) electrons. The smallest absolute Gasteiger partial charge is 0.0155 e. The van der Waals surface area contributed by atoms with Crippen molar-refractivity contribution in [2.45, 2.75) is 41.5 Å². The van der Waals surface area contributed by atoms with Crippen molar-refractivity contribution in [2.24, 2.45) is 0 Å². The number of rotatable bonds is 1. The summed E-state index contributed by atoms with van der Waals surface area (Å²) in [5, 5.41) is 0. The second-order valence-corrected chi connectivity index (χ2v) is 3.68. The van der Waals surface area contributed by atoms with Gasteiger partial charge in [-0.3, -0.25) is 0 Å². The van der Waals surface area contributed by atoms with Gasteiger partial charge < -0.3 is 0 Å². The molecule has 0 spiro atoms. The summed E-state index contributed by atoms with van der Waals surface area (Å²) in [5.41, 5.74) is 5.29. The molecule has 0 aliphatic carbocycles. The molecule has 0 amide bonds. The highest BCUT2D eigenvalue weighted by molar-refractivity contribution is 5.67. The molecule has 0 aromatic heterocycles. The van der Waals surface area contributed by atoms with Crippen molar-refractivity contribution in [1.82, 2.24) is 0 Å². The van der Waals surface area contributed by atoms with E-state index < -0.39 is 0 Å². The Labute approximate surface area is 113 Å². The molecule has 0 fully saturated rings. The zero-order valence-electron chi connectivity index (χ0n) is 12.6. The van der Waals surface area contributed by atoms with E-state index in [4.69, 9.17) is 0 Å². The van der Waals surface area contributed by atoms with Crippen molar-refractivity contribution in [1.29, 1.82) is 0 Å². The summed E-state index contributed by atoms with van der Waals surface area (Å²) in [6.45, 7) is 12.3. The van der Waals surface area contributed by atoms with Gasteiger partial charge in [-0.05, 0) is 30.5 Å². The molecule has 0 bridgehead atoms. The highest BCUT2D eigenvalue weighted by Gasteiger charge is 1.99. The van der Waals surface area contributed by atoms with Gasteiger partial charge in [-0.25, -0.2) is 0 Å². The number of aryl methyl sites for hydroxylation is 2. The molecule has 0 atom stereocenters. The molecule has 0 saturated heterocycles. The zero-order chi connectivity index (χ0) is 14.0. The van der Waals surface area contributed by atoms with E-state index in [0.717, 1.165) is 0 Å². The fourth-order valence-electron chi connectivity index (χ4n) is 1.76. The lowest BCUT2D eigenvalue weighted by Crippen LogP contribution is -1.83. The van der Waals surface area contributed by atoms with Crippen molar-refractivity contribution in [3.63, 3.8) is 0 Å². The van der Waals surface area contributed by atoms with Crippen LogP contribution in [0.4, 0.5) is 0 Å². The molecule has 0 heterocycles. The Hall–Kier alpha value is -1.56. The minimum atomic E-state index is 1.30. The minimum absolute atomic E-state index is 1.30. The van der Waals surface area contributed by atoms with E-state index in [1.54, 1.807) is 0 Å². The third-order valence-corrected chi connectivity index (χ3v) is 2.47. The standard InChI is InChI=1S/C14H14.2C2H6/c1-11-8-9-14(12(2)10-11)13-6-4-3-5-7-13;2*1-2/h3-10H,1-2H3;2*1-2H3. The topological polar surface area (TPSA) is 0 Å². The first-order valence-corrected chi connectivity index (χ1v) is 6.90. The molecule has 98 valence electrons. The lowest BCUT2D eigenvalue weighted by molar-refractivity contribution is 1.38. The molecule has 0 aliphatic heterocycles. The van der Waals surface area contributed by atoms with Gasteiger partial charge in [0.05, 0.1) is 0 Å². The Balaban J connectivity index is 0.000000659. The molecule has 0 unspecified atom stereocenters. The van der Waals surface area contributed by atoms with E-state index in [9.17, 15) is 0 Å². The number of benzene rings is 2. The van der Waals surface area contributed by atoms with Gasteiger partial charge >= 0.3 is 0 Å². The largest absolute Gasteiger partial charge is 0.0683 e. The molecule has 2 aromatic rings. The summed E-state index contributed by atoms with van der Waals surface area (Å²) < 4.78 is 0. The van der Waals surface area contributed by atoms with Gasteiger partial charge in [-0.15, -0.1) is 0 Å². The Morgan fingerprint density at radius 3 is 1.72 bits per heavy atom. The molecule has 0 saturated carbocycles.